The molecule has 1 heterocycles. The first-order valence-corrected chi connectivity index (χ1v) is 6.84. The van der Waals surface area contributed by atoms with E-state index in [2.05, 4.69) is 4.90 Å². The Morgan fingerprint density at radius 2 is 1.93 bits per heavy atom. The molecule has 2 bridgehead atoms. The van der Waals surface area contributed by atoms with E-state index in [9.17, 15) is 0 Å². The molecule has 0 aromatic rings. The van der Waals surface area contributed by atoms with Gasteiger partial charge in [-0.3, -0.25) is 4.90 Å². The molecule has 3 atom stereocenters. The van der Waals surface area contributed by atoms with Crippen molar-refractivity contribution in [3.05, 3.63) is 0 Å². The Balaban J connectivity index is 1.68. The van der Waals surface area contributed by atoms with Gasteiger partial charge in [0.2, 0.25) is 0 Å². The predicted molar refractivity (Wildman–Crippen MR) is 62.6 cm³/mol. The van der Waals surface area contributed by atoms with E-state index in [1.807, 2.05) is 0 Å². The Labute approximate surface area is 93.2 Å². The number of hydrogen-bond acceptors (Lipinski definition) is 2. The van der Waals surface area contributed by atoms with Crippen molar-refractivity contribution in [2.75, 3.05) is 13.1 Å². The fraction of sp³-hybridized carbons (Fsp3) is 1.00. The summed E-state index contributed by atoms with van der Waals surface area (Å²) in [6.45, 7) is 2.26. The molecule has 0 radical (unpaired) electrons. The van der Waals surface area contributed by atoms with E-state index in [4.69, 9.17) is 5.73 Å². The van der Waals surface area contributed by atoms with E-state index >= 15 is 0 Å². The molecule has 15 heavy (non-hydrogen) atoms. The molecule has 2 aliphatic carbocycles. The second kappa shape index (κ2) is 4.06. The van der Waals surface area contributed by atoms with Gasteiger partial charge in [0.1, 0.15) is 0 Å². The third-order valence-corrected chi connectivity index (χ3v) is 5.06. The summed E-state index contributed by atoms with van der Waals surface area (Å²) in [7, 11) is 0. The normalized spacial score (nSPS) is 39.0. The molecule has 0 spiro atoms. The van der Waals surface area contributed by atoms with Crippen molar-refractivity contribution in [2.24, 2.45) is 17.6 Å². The Kier molecular flexibility index (Phi) is 2.73. The van der Waals surface area contributed by atoms with Crippen LogP contribution in [0.15, 0.2) is 0 Å². The van der Waals surface area contributed by atoms with Gasteiger partial charge in [0.25, 0.3) is 0 Å². The van der Waals surface area contributed by atoms with Gasteiger partial charge in [0.05, 0.1) is 0 Å². The van der Waals surface area contributed by atoms with Crippen LogP contribution in [0.2, 0.25) is 0 Å². The first-order valence-electron chi connectivity index (χ1n) is 6.84. The monoisotopic (exact) mass is 208 g/mol. The maximum Gasteiger partial charge on any atom is 0.0249 e. The van der Waals surface area contributed by atoms with E-state index < -0.39 is 0 Å². The van der Waals surface area contributed by atoms with Crippen LogP contribution >= 0.6 is 0 Å². The van der Waals surface area contributed by atoms with Gasteiger partial charge in [-0.25, -0.2) is 0 Å². The fourth-order valence-corrected chi connectivity index (χ4v) is 4.31. The van der Waals surface area contributed by atoms with Crippen LogP contribution in [0.25, 0.3) is 0 Å². The summed E-state index contributed by atoms with van der Waals surface area (Å²) in [5.41, 5.74) is 6.02. The van der Waals surface area contributed by atoms with E-state index in [0.29, 0.717) is 0 Å². The van der Waals surface area contributed by atoms with Gasteiger partial charge in [0, 0.05) is 25.2 Å². The van der Waals surface area contributed by atoms with E-state index in [1.54, 1.807) is 0 Å². The van der Waals surface area contributed by atoms with Gasteiger partial charge < -0.3 is 5.73 Å². The predicted octanol–water partition coefficient (Wildman–Crippen LogP) is 1.99. The lowest BCUT2D eigenvalue weighted by Crippen LogP contribution is -2.48. The summed E-state index contributed by atoms with van der Waals surface area (Å²) < 4.78 is 0. The maximum absolute atomic E-state index is 6.02. The zero-order valence-electron chi connectivity index (χ0n) is 9.70. The molecule has 0 amide bonds. The molecule has 86 valence electrons. The number of rotatable bonds is 3. The van der Waals surface area contributed by atoms with Crippen LogP contribution < -0.4 is 5.73 Å². The van der Waals surface area contributed by atoms with Crippen LogP contribution in [0.4, 0.5) is 0 Å². The first kappa shape index (κ1) is 10.1. The molecular weight excluding hydrogens is 184 g/mol. The third kappa shape index (κ3) is 1.72. The smallest absolute Gasteiger partial charge is 0.0249 e. The van der Waals surface area contributed by atoms with Crippen LogP contribution in [-0.2, 0) is 0 Å². The SMILES string of the molecule is NCC(C1CCCC1)N1CC2CCC1C2. The number of piperidine rings is 1. The van der Waals surface area contributed by atoms with Gasteiger partial charge in [-0.05, 0) is 43.9 Å². The molecule has 1 saturated heterocycles. The Morgan fingerprint density at radius 1 is 1.13 bits per heavy atom. The minimum absolute atomic E-state index is 0.725. The Bertz CT molecular complexity index is 223. The Hall–Kier alpha value is -0.0800. The average molecular weight is 208 g/mol. The van der Waals surface area contributed by atoms with Crippen molar-refractivity contribution < 1.29 is 0 Å². The second-order valence-corrected chi connectivity index (χ2v) is 5.88. The number of hydrogen-bond donors (Lipinski definition) is 1. The molecule has 2 nitrogen and oxygen atoms in total. The van der Waals surface area contributed by atoms with Gasteiger partial charge >= 0.3 is 0 Å². The van der Waals surface area contributed by atoms with Crippen molar-refractivity contribution in [1.29, 1.82) is 0 Å². The van der Waals surface area contributed by atoms with Gasteiger partial charge in [-0.1, -0.05) is 12.8 Å². The van der Waals surface area contributed by atoms with Crippen molar-refractivity contribution in [3.8, 4) is 0 Å². The summed E-state index contributed by atoms with van der Waals surface area (Å²) in [5.74, 6) is 1.94. The van der Waals surface area contributed by atoms with Crippen molar-refractivity contribution in [3.63, 3.8) is 0 Å². The minimum atomic E-state index is 0.725. The van der Waals surface area contributed by atoms with Gasteiger partial charge in [0.15, 0.2) is 0 Å². The van der Waals surface area contributed by atoms with Crippen LogP contribution in [0.1, 0.15) is 44.9 Å². The van der Waals surface area contributed by atoms with Crippen molar-refractivity contribution in [1.82, 2.24) is 4.90 Å². The lowest BCUT2D eigenvalue weighted by Gasteiger charge is -2.37. The molecule has 2 saturated carbocycles. The summed E-state index contributed by atoms with van der Waals surface area (Å²) in [6, 6.07) is 1.63. The van der Waals surface area contributed by atoms with Crippen molar-refractivity contribution in [2.45, 2.75) is 57.0 Å². The zero-order valence-corrected chi connectivity index (χ0v) is 9.70. The number of fused-ring (bicyclic) bond motifs is 2. The molecular formula is C13H24N2. The van der Waals surface area contributed by atoms with Gasteiger partial charge in [-0.2, -0.15) is 0 Å². The molecule has 3 rings (SSSR count). The van der Waals surface area contributed by atoms with Gasteiger partial charge in [-0.15, -0.1) is 0 Å². The summed E-state index contributed by atoms with van der Waals surface area (Å²) in [6.07, 6.45) is 10.2. The largest absolute Gasteiger partial charge is 0.329 e. The number of nitrogens with zero attached hydrogens (tertiary/aromatic N) is 1. The summed E-state index contributed by atoms with van der Waals surface area (Å²) in [4.78, 5) is 2.78. The number of nitrogens with two attached hydrogens (primary N) is 1. The molecule has 2 N–H and O–H groups in total. The zero-order chi connectivity index (χ0) is 10.3. The highest BCUT2D eigenvalue weighted by Crippen LogP contribution is 2.41. The van der Waals surface area contributed by atoms with Crippen LogP contribution in [0.5, 0.6) is 0 Å². The molecule has 3 unspecified atom stereocenters. The summed E-state index contributed by atoms with van der Waals surface area (Å²) >= 11 is 0. The molecule has 1 aliphatic heterocycles. The second-order valence-electron chi connectivity index (χ2n) is 5.88. The van der Waals surface area contributed by atoms with E-state index in [-0.39, 0.29) is 0 Å². The van der Waals surface area contributed by atoms with Crippen molar-refractivity contribution >= 4 is 0 Å². The highest BCUT2D eigenvalue weighted by Gasteiger charge is 2.42. The molecule has 2 heteroatoms. The fourth-order valence-electron chi connectivity index (χ4n) is 4.31. The standard InChI is InChI=1S/C13H24N2/c14-8-13(11-3-1-2-4-11)15-9-10-5-6-12(15)7-10/h10-13H,1-9,14H2. The van der Waals surface area contributed by atoms with Crippen LogP contribution in [0, 0.1) is 11.8 Å². The highest BCUT2D eigenvalue weighted by molar-refractivity contribution is 4.97. The minimum Gasteiger partial charge on any atom is -0.329 e. The molecule has 3 fully saturated rings. The third-order valence-electron chi connectivity index (χ3n) is 5.06. The lowest BCUT2D eigenvalue weighted by atomic mass is 9.94. The topological polar surface area (TPSA) is 29.3 Å². The number of likely N-dealkylation sites (tertiary alicyclic amines) is 1. The summed E-state index contributed by atoms with van der Waals surface area (Å²) in [5, 5.41) is 0. The molecule has 0 aromatic carbocycles. The molecule has 0 aromatic heterocycles. The molecule has 3 aliphatic rings. The lowest BCUT2D eigenvalue weighted by molar-refractivity contribution is 0.110. The van der Waals surface area contributed by atoms with Crippen LogP contribution in [0.3, 0.4) is 0 Å². The van der Waals surface area contributed by atoms with E-state index in [1.165, 1.54) is 51.5 Å². The first-order chi connectivity index (χ1) is 7.38. The Morgan fingerprint density at radius 3 is 2.47 bits per heavy atom. The van der Waals surface area contributed by atoms with Crippen LogP contribution in [-0.4, -0.2) is 30.1 Å². The quantitative estimate of drug-likeness (QED) is 0.768. The average Bonchev–Trinajstić information content (AvgIpc) is 2.94. The van der Waals surface area contributed by atoms with E-state index in [0.717, 1.165) is 30.5 Å². The maximum atomic E-state index is 6.02. The highest BCUT2D eigenvalue weighted by atomic mass is 15.2.